The van der Waals surface area contributed by atoms with Crippen molar-refractivity contribution >= 4 is 5.97 Å². The van der Waals surface area contributed by atoms with E-state index in [2.05, 4.69) is 13.0 Å². The molecule has 94 valence electrons. The summed E-state index contributed by atoms with van der Waals surface area (Å²) in [5, 5.41) is 9.52. The monoisotopic (exact) mass is 235 g/mol. The van der Waals surface area contributed by atoms with Crippen LogP contribution in [0.15, 0.2) is 0 Å². The first-order valence-electron chi connectivity index (χ1n) is 6.74. The molecule has 0 aromatic rings. The highest BCUT2D eigenvalue weighted by molar-refractivity contribution is 5.80. The summed E-state index contributed by atoms with van der Waals surface area (Å²) in [7, 11) is 0. The maximum atomic E-state index is 12.2. The fourth-order valence-corrected chi connectivity index (χ4v) is 3.86. The molecule has 0 radical (unpaired) electrons. The zero-order valence-electron chi connectivity index (χ0n) is 10.7. The molecule has 0 spiro atoms. The van der Waals surface area contributed by atoms with Crippen LogP contribution < -0.4 is 0 Å². The van der Waals surface area contributed by atoms with Crippen molar-refractivity contribution in [3.8, 4) is 6.07 Å². The van der Waals surface area contributed by atoms with Gasteiger partial charge in [0.2, 0.25) is 0 Å². The van der Waals surface area contributed by atoms with Gasteiger partial charge in [-0.25, -0.2) is 0 Å². The third-order valence-corrected chi connectivity index (χ3v) is 4.76. The van der Waals surface area contributed by atoms with Crippen molar-refractivity contribution in [1.82, 2.24) is 0 Å². The Labute approximate surface area is 103 Å². The number of ether oxygens (including phenoxy) is 1. The van der Waals surface area contributed by atoms with Crippen LogP contribution >= 0.6 is 0 Å². The Balaban J connectivity index is 2.27. The van der Waals surface area contributed by atoms with E-state index in [1.165, 1.54) is 6.42 Å². The molecule has 0 saturated heterocycles. The fourth-order valence-electron chi connectivity index (χ4n) is 3.86. The van der Waals surface area contributed by atoms with Gasteiger partial charge in [-0.3, -0.25) is 4.79 Å². The Morgan fingerprint density at radius 3 is 2.88 bits per heavy atom. The van der Waals surface area contributed by atoms with Crippen molar-refractivity contribution in [2.24, 2.45) is 23.2 Å². The van der Waals surface area contributed by atoms with Gasteiger partial charge in [0.05, 0.1) is 12.7 Å². The predicted octanol–water partition coefficient (Wildman–Crippen LogP) is 2.91. The van der Waals surface area contributed by atoms with Gasteiger partial charge in [0, 0.05) is 0 Å². The highest BCUT2D eigenvalue weighted by Gasteiger charge is 2.55. The second-order valence-corrected chi connectivity index (χ2v) is 5.52. The number of carbonyl (C=O) groups excluding carboxylic acids is 1. The van der Waals surface area contributed by atoms with Gasteiger partial charge in [0.25, 0.3) is 0 Å². The summed E-state index contributed by atoms with van der Waals surface area (Å²) in [6.45, 7) is 4.43. The van der Waals surface area contributed by atoms with E-state index < -0.39 is 5.41 Å². The van der Waals surface area contributed by atoms with Gasteiger partial charge in [0.1, 0.15) is 0 Å². The van der Waals surface area contributed by atoms with Gasteiger partial charge in [-0.2, -0.15) is 5.26 Å². The first-order valence-corrected chi connectivity index (χ1v) is 6.74. The van der Waals surface area contributed by atoms with E-state index in [4.69, 9.17) is 4.74 Å². The number of hydrogen-bond acceptors (Lipinski definition) is 3. The molecule has 2 fully saturated rings. The molecule has 17 heavy (non-hydrogen) atoms. The second-order valence-electron chi connectivity index (χ2n) is 5.52. The second kappa shape index (κ2) is 4.68. The van der Waals surface area contributed by atoms with Crippen molar-refractivity contribution in [2.75, 3.05) is 6.61 Å². The number of rotatable bonds is 2. The Morgan fingerprint density at radius 2 is 2.24 bits per heavy atom. The molecule has 3 heteroatoms. The van der Waals surface area contributed by atoms with Crippen LogP contribution in [-0.4, -0.2) is 12.6 Å². The molecule has 0 N–H and O–H groups in total. The topological polar surface area (TPSA) is 50.1 Å². The Hall–Kier alpha value is -1.04. The third kappa shape index (κ3) is 1.84. The molecule has 2 unspecified atom stereocenters. The lowest BCUT2D eigenvalue weighted by atomic mass is 9.62. The zero-order chi connectivity index (χ0) is 12.5. The molecule has 2 aliphatic rings. The van der Waals surface area contributed by atoms with Gasteiger partial charge >= 0.3 is 5.97 Å². The summed E-state index contributed by atoms with van der Waals surface area (Å²) in [6, 6.07) is 2.32. The van der Waals surface area contributed by atoms with Crippen molar-refractivity contribution in [2.45, 2.75) is 46.0 Å². The highest BCUT2D eigenvalue weighted by atomic mass is 16.5. The van der Waals surface area contributed by atoms with Gasteiger partial charge in [0.15, 0.2) is 5.41 Å². The molecule has 0 aromatic carbocycles. The Bertz CT molecular complexity index is 347. The molecule has 0 bridgehead atoms. The van der Waals surface area contributed by atoms with E-state index in [9.17, 15) is 10.1 Å². The third-order valence-electron chi connectivity index (χ3n) is 4.76. The largest absolute Gasteiger partial charge is 0.465 e. The minimum Gasteiger partial charge on any atom is -0.465 e. The number of nitrogens with zero attached hydrogens (tertiary/aromatic N) is 1. The number of esters is 1. The van der Waals surface area contributed by atoms with Crippen LogP contribution in [0.4, 0.5) is 0 Å². The van der Waals surface area contributed by atoms with Crippen LogP contribution in [0.5, 0.6) is 0 Å². The first kappa shape index (κ1) is 12.4. The zero-order valence-corrected chi connectivity index (χ0v) is 10.7. The smallest absolute Gasteiger partial charge is 0.326 e. The molecule has 2 saturated carbocycles. The predicted molar refractivity (Wildman–Crippen MR) is 63.9 cm³/mol. The molecule has 0 aromatic heterocycles. The van der Waals surface area contributed by atoms with Crippen LogP contribution in [0.2, 0.25) is 0 Å². The average molecular weight is 235 g/mol. The maximum Gasteiger partial charge on any atom is 0.326 e. The number of hydrogen-bond donors (Lipinski definition) is 0. The van der Waals surface area contributed by atoms with E-state index in [0.29, 0.717) is 24.9 Å². The SMILES string of the molecule is CCOC(=O)C1(C#N)CCC[C@@H]2C(C)CC[C@@H]21. The van der Waals surface area contributed by atoms with E-state index >= 15 is 0 Å². The summed E-state index contributed by atoms with van der Waals surface area (Å²) in [5.41, 5.74) is -0.844. The molecule has 3 nitrogen and oxygen atoms in total. The molecule has 0 heterocycles. The van der Waals surface area contributed by atoms with Crippen molar-refractivity contribution in [3.63, 3.8) is 0 Å². The first-order chi connectivity index (χ1) is 8.15. The van der Waals surface area contributed by atoms with Gasteiger partial charge < -0.3 is 4.74 Å². The quantitative estimate of drug-likeness (QED) is 0.691. The van der Waals surface area contributed by atoms with Gasteiger partial charge in [-0.05, 0) is 43.9 Å². The number of fused-ring (bicyclic) bond motifs is 1. The normalized spacial score (nSPS) is 40.4. The Kier molecular flexibility index (Phi) is 3.42. The summed E-state index contributed by atoms with van der Waals surface area (Å²) in [4.78, 5) is 12.2. The van der Waals surface area contributed by atoms with Gasteiger partial charge in [-0.15, -0.1) is 0 Å². The lowest BCUT2D eigenvalue weighted by Gasteiger charge is -2.39. The highest BCUT2D eigenvalue weighted by Crippen LogP contribution is 2.54. The average Bonchev–Trinajstić information content (AvgIpc) is 2.72. The standard InChI is InChI=1S/C14H21NO2/c1-3-17-13(16)14(9-15)8-4-5-11-10(2)6-7-12(11)14/h10-12H,3-8H2,1-2H3/t10?,11-,12+,14?/m1/s1. The van der Waals surface area contributed by atoms with Crippen LogP contribution in [0, 0.1) is 34.5 Å². The lowest BCUT2D eigenvalue weighted by Crippen LogP contribution is -2.44. The molecule has 2 aliphatic carbocycles. The lowest BCUT2D eigenvalue weighted by molar-refractivity contribution is -0.158. The van der Waals surface area contributed by atoms with Crippen molar-refractivity contribution in [3.05, 3.63) is 0 Å². The number of carbonyl (C=O) groups is 1. The van der Waals surface area contributed by atoms with Crippen LogP contribution in [0.1, 0.15) is 46.0 Å². The summed E-state index contributed by atoms with van der Waals surface area (Å²) in [5.74, 6) is 1.16. The van der Waals surface area contributed by atoms with Gasteiger partial charge in [-0.1, -0.05) is 19.8 Å². The molecule has 4 atom stereocenters. The Morgan fingerprint density at radius 1 is 1.47 bits per heavy atom. The van der Waals surface area contributed by atoms with E-state index in [1.807, 2.05) is 0 Å². The fraction of sp³-hybridized carbons (Fsp3) is 0.857. The minimum absolute atomic E-state index is 0.232. The van der Waals surface area contributed by atoms with Crippen LogP contribution in [0.25, 0.3) is 0 Å². The minimum atomic E-state index is -0.844. The van der Waals surface area contributed by atoms with Crippen LogP contribution in [0.3, 0.4) is 0 Å². The summed E-state index contributed by atoms with van der Waals surface area (Å²) >= 11 is 0. The molecule has 0 aliphatic heterocycles. The van der Waals surface area contributed by atoms with E-state index in [-0.39, 0.29) is 11.9 Å². The molecule has 2 rings (SSSR count). The van der Waals surface area contributed by atoms with Crippen molar-refractivity contribution < 1.29 is 9.53 Å². The van der Waals surface area contributed by atoms with Crippen LogP contribution in [-0.2, 0) is 9.53 Å². The molecular weight excluding hydrogens is 214 g/mol. The molecular formula is C14H21NO2. The summed E-state index contributed by atoms with van der Waals surface area (Å²) in [6.07, 6.45) is 5.01. The molecule has 0 amide bonds. The van der Waals surface area contributed by atoms with E-state index in [0.717, 1.165) is 19.3 Å². The maximum absolute atomic E-state index is 12.2. The van der Waals surface area contributed by atoms with Crippen molar-refractivity contribution in [1.29, 1.82) is 5.26 Å². The number of nitriles is 1. The summed E-state index contributed by atoms with van der Waals surface area (Å²) < 4.78 is 5.16. The van der Waals surface area contributed by atoms with E-state index in [1.54, 1.807) is 6.92 Å².